The van der Waals surface area contributed by atoms with Crippen LogP contribution in [0, 0.1) is 11.8 Å². The lowest BCUT2D eigenvalue weighted by atomic mass is 9.99. The first-order chi connectivity index (χ1) is 11.3. The van der Waals surface area contributed by atoms with Gasteiger partial charge in [-0.25, -0.2) is 0 Å². The van der Waals surface area contributed by atoms with Crippen molar-refractivity contribution in [3.8, 4) is 11.5 Å². The number of hydrogen-bond donors (Lipinski definition) is 1. The number of aliphatic carboxylic acids is 1. The molecule has 0 spiro atoms. The van der Waals surface area contributed by atoms with E-state index in [1.807, 2.05) is 32.9 Å². The Morgan fingerprint density at radius 3 is 2.25 bits per heavy atom. The fourth-order valence-corrected chi connectivity index (χ4v) is 2.60. The predicted octanol–water partition coefficient (Wildman–Crippen LogP) is 2.45. The molecule has 1 aromatic rings. The molecule has 1 N–H and O–H groups in total. The molecule has 0 heterocycles. The van der Waals surface area contributed by atoms with Crippen LogP contribution in [0.5, 0.6) is 11.5 Å². The monoisotopic (exact) mass is 337 g/mol. The molecule has 24 heavy (non-hydrogen) atoms. The third kappa shape index (κ3) is 5.76. The summed E-state index contributed by atoms with van der Waals surface area (Å²) in [6.07, 6.45) is 0.507. The van der Waals surface area contributed by atoms with Gasteiger partial charge < -0.3 is 19.5 Å². The molecule has 0 fully saturated rings. The molecular weight excluding hydrogens is 310 g/mol. The number of carboxylic acids is 1. The van der Waals surface area contributed by atoms with E-state index in [1.165, 1.54) is 4.90 Å². The van der Waals surface area contributed by atoms with Gasteiger partial charge in [-0.05, 0) is 30.0 Å². The summed E-state index contributed by atoms with van der Waals surface area (Å²) in [6, 6.07) is 5.52. The van der Waals surface area contributed by atoms with Gasteiger partial charge in [0.2, 0.25) is 5.91 Å². The third-order valence-electron chi connectivity index (χ3n) is 3.63. The van der Waals surface area contributed by atoms with Gasteiger partial charge in [-0.2, -0.15) is 0 Å². The van der Waals surface area contributed by atoms with E-state index >= 15 is 0 Å². The maximum Gasteiger partial charge on any atom is 0.323 e. The number of amides is 1. The van der Waals surface area contributed by atoms with Gasteiger partial charge in [0.05, 0.1) is 14.2 Å². The van der Waals surface area contributed by atoms with Gasteiger partial charge in [0.15, 0.2) is 11.5 Å². The predicted molar refractivity (Wildman–Crippen MR) is 91.5 cm³/mol. The molecule has 0 aliphatic rings. The maximum atomic E-state index is 12.6. The molecule has 0 aliphatic heterocycles. The number of benzene rings is 1. The lowest BCUT2D eigenvalue weighted by Crippen LogP contribution is -2.41. The number of hydrogen-bond acceptors (Lipinski definition) is 4. The minimum absolute atomic E-state index is 0.152. The molecule has 6 heteroatoms. The van der Waals surface area contributed by atoms with Crippen molar-refractivity contribution in [1.82, 2.24) is 4.90 Å². The van der Waals surface area contributed by atoms with Gasteiger partial charge in [0.25, 0.3) is 0 Å². The molecule has 0 aromatic heterocycles. The van der Waals surface area contributed by atoms with Crippen LogP contribution in [0.1, 0.15) is 26.3 Å². The summed E-state index contributed by atoms with van der Waals surface area (Å²) in [5, 5.41) is 9.02. The number of ether oxygens (including phenoxy) is 2. The average molecular weight is 337 g/mol. The molecule has 134 valence electrons. The zero-order chi connectivity index (χ0) is 18.3. The summed E-state index contributed by atoms with van der Waals surface area (Å²) < 4.78 is 10.5. The summed E-state index contributed by atoms with van der Waals surface area (Å²) >= 11 is 0. The second-order valence-electron chi connectivity index (χ2n) is 6.30. The Morgan fingerprint density at radius 1 is 1.12 bits per heavy atom. The smallest absolute Gasteiger partial charge is 0.323 e. The van der Waals surface area contributed by atoms with Gasteiger partial charge in [-0.3, -0.25) is 9.59 Å². The Balaban J connectivity index is 2.85. The summed E-state index contributed by atoms with van der Waals surface area (Å²) in [5.74, 6) is -0.0160. The Kier molecular flexibility index (Phi) is 7.55. The van der Waals surface area contributed by atoms with Crippen molar-refractivity contribution in [2.75, 3.05) is 27.3 Å². The Hall–Kier alpha value is -2.24. The molecule has 0 aliphatic carbocycles. The molecule has 1 amide bonds. The van der Waals surface area contributed by atoms with E-state index in [9.17, 15) is 9.59 Å². The quantitative estimate of drug-likeness (QED) is 0.749. The number of nitrogens with zero attached hydrogens (tertiary/aromatic N) is 1. The first-order valence-corrected chi connectivity index (χ1v) is 8.00. The fraction of sp³-hybridized carbons (Fsp3) is 0.556. The van der Waals surface area contributed by atoms with Crippen molar-refractivity contribution in [1.29, 1.82) is 0 Å². The Labute approximate surface area is 143 Å². The molecule has 1 atom stereocenters. The van der Waals surface area contributed by atoms with Crippen LogP contribution >= 0.6 is 0 Å². The van der Waals surface area contributed by atoms with E-state index in [0.717, 1.165) is 5.56 Å². The van der Waals surface area contributed by atoms with Crippen LogP contribution < -0.4 is 9.47 Å². The maximum absolute atomic E-state index is 12.6. The normalized spacial score (nSPS) is 11.9. The second kappa shape index (κ2) is 9.15. The van der Waals surface area contributed by atoms with Crippen LogP contribution in [0.25, 0.3) is 0 Å². The van der Waals surface area contributed by atoms with Crippen molar-refractivity contribution >= 4 is 11.9 Å². The highest BCUT2D eigenvalue weighted by Gasteiger charge is 2.23. The SMILES string of the molecule is COc1ccc(CC(C)C(=O)N(CC(=O)O)CC(C)C)cc1OC. The largest absolute Gasteiger partial charge is 0.493 e. The number of rotatable bonds is 9. The lowest BCUT2D eigenvalue weighted by Gasteiger charge is -2.26. The molecule has 0 radical (unpaired) electrons. The van der Waals surface area contributed by atoms with E-state index in [0.29, 0.717) is 24.5 Å². The minimum atomic E-state index is -0.998. The third-order valence-corrected chi connectivity index (χ3v) is 3.63. The molecule has 1 unspecified atom stereocenters. The van der Waals surface area contributed by atoms with Crippen LogP contribution in [-0.2, 0) is 16.0 Å². The van der Waals surface area contributed by atoms with Gasteiger partial charge in [0.1, 0.15) is 6.54 Å². The Morgan fingerprint density at radius 2 is 1.75 bits per heavy atom. The number of carbonyl (C=O) groups excluding carboxylic acids is 1. The van der Waals surface area contributed by atoms with E-state index in [4.69, 9.17) is 14.6 Å². The highest BCUT2D eigenvalue weighted by atomic mass is 16.5. The van der Waals surface area contributed by atoms with E-state index < -0.39 is 5.97 Å². The van der Waals surface area contributed by atoms with Crippen molar-refractivity contribution < 1.29 is 24.2 Å². The topological polar surface area (TPSA) is 76.1 Å². The molecule has 1 rings (SSSR count). The van der Waals surface area contributed by atoms with Crippen molar-refractivity contribution in [2.45, 2.75) is 27.2 Å². The molecule has 1 aromatic carbocycles. The summed E-state index contributed by atoms with van der Waals surface area (Å²) in [6.45, 7) is 5.89. The number of carboxylic acid groups (broad SMARTS) is 1. The van der Waals surface area contributed by atoms with Gasteiger partial charge in [-0.15, -0.1) is 0 Å². The Bertz CT molecular complexity index is 571. The van der Waals surface area contributed by atoms with Gasteiger partial charge >= 0.3 is 5.97 Å². The van der Waals surface area contributed by atoms with Crippen LogP contribution in [-0.4, -0.2) is 49.2 Å². The van der Waals surface area contributed by atoms with Crippen LogP contribution in [0.2, 0.25) is 0 Å². The molecule has 0 saturated carbocycles. The van der Waals surface area contributed by atoms with Crippen molar-refractivity contribution in [3.63, 3.8) is 0 Å². The zero-order valence-corrected chi connectivity index (χ0v) is 15.0. The fourth-order valence-electron chi connectivity index (χ4n) is 2.60. The van der Waals surface area contributed by atoms with Crippen molar-refractivity contribution in [3.05, 3.63) is 23.8 Å². The first-order valence-electron chi connectivity index (χ1n) is 8.00. The average Bonchev–Trinajstić information content (AvgIpc) is 2.52. The van der Waals surface area contributed by atoms with Gasteiger partial charge in [-0.1, -0.05) is 26.8 Å². The zero-order valence-electron chi connectivity index (χ0n) is 15.0. The molecule has 6 nitrogen and oxygen atoms in total. The minimum Gasteiger partial charge on any atom is -0.493 e. The number of methoxy groups -OCH3 is 2. The van der Waals surface area contributed by atoms with Gasteiger partial charge in [0, 0.05) is 12.5 Å². The van der Waals surface area contributed by atoms with Crippen LogP contribution in [0.15, 0.2) is 18.2 Å². The highest BCUT2D eigenvalue weighted by molar-refractivity contribution is 5.83. The summed E-state index contributed by atoms with van der Waals surface area (Å²) in [4.78, 5) is 25.0. The van der Waals surface area contributed by atoms with E-state index in [2.05, 4.69) is 0 Å². The van der Waals surface area contributed by atoms with Crippen LogP contribution in [0.4, 0.5) is 0 Å². The highest BCUT2D eigenvalue weighted by Crippen LogP contribution is 2.28. The summed E-state index contributed by atoms with van der Waals surface area (Å²) in [7, 11) is 3.13. The van der Waals surface area contributed by atoms with Crippen LogP contribution in [0.3, 0.4) is 0 Å². The van der Waals surface area contributed by atoms with E-state index in [1.54, 1.807) is 20.3 Å². The van der Waals surface area contributed by atoms with Crippen molar-refractivity contribution in [2.24, 2.45) is 11.8 Å². The lowest BCUT2D eigenvalue weighted by molar-refractivity contribution is -0.146. The summed E-state index contributed by atoms with van der Waals surface area (Å²) in [5.41, 5.74) is 0.938. The number of carbonyl (C=O) groups is 2. The molecule has 0 saturated heterocycles. The second-order valence-corrected chi connectivity index (χ2v) is 6.30. The molecule has 0 bridgehead atoms. The first kappa shape index (κ1) is 19.8. The molecular formula is C18H27NO5. The standard InChI is InChI=1S/C18H27NO5/c1-12(2)10-19(11-17(20)21)18(22)13(3)8-14-6-7-15(23-4)16(9-14)24-5/h6-7,9,12-13H,8,10-11H2,1-5H3,(H,20,21). The van der Waals surface area contributed by atoms with E-state index in [-0.39, 0.29) is 24.3 Å².